The van der Waals surface area contributed by atoms with E-state index < -0.39 is 30.8 Å². The van der Waals surface area contributed by atoms with Crippen LogP contribution in [0.1, 0.15) is 64.2 Å². The number of carbonyl (C=O) groups excluding carboxylic acids is 4. The molecule has 1 unspecified atom stereocenters. The molecule has 0 saturated heterocycles. The number of imide groups is 1. The quantitative estimate of drug-likeness (QED) is 0.161. The summed E-state index contributed by atoms with van der Waals surface area (Å²) >= 11 is 0. The number of esters is 1. The predicted octanol–water partition coefficient (Wildman–Crippen LogP) is 2.04. The molecule has 1 heterocycles. The number of aromatic nitrogens is 1. The third-order valence-electron chi connectivity index (χ3n) is 5.94. The fourth-order valence-electron chi connectivity index (χ4n) is 3.50. The van der Waals surface area contributed by atoms with Crippen LogP contribution in [0, 0.1) is 13.8 Å². The van der Waals surface area contributed by atoms with Gasteiger partial charge in [0.15, 0.2) is 5.84 Å². The number of nitrogens with zero attached hydrogens (tertiary/aromatic N) is 3. The van der Waals surface area contributed by atoms with Crippen molar-refractivity contribution in [1.82, 2.24) is 15.2 Å². The summed E-state index contributed by atoms with van der Waals surface area (Å²) in [5, 5.41) is 2.95. The molecule has 1 atom stereocenters. The second kappa shape index (κ2) is 12.8. The van der Waals surface area contributed by atoms with Gasteiger partial charge in [0.2, 0.25) is 6.79 Å². The average molecular weight is 540 g/mol. The van der Waals surface area contributed by atoms with Crippen LogP contribution in [0.25, 0.3) is 0 Å². The summed E-state index contributed by atoms with van der Waals surface area (Å²) in [6.07, 6.45) is 3.44. The highest BCUT2D eigenvalue weighted by molar-refractivity contribution is 6.09. The number of amides is 3. The van der Waals surface area contributed by atoms with Gasteiger partial charge in [-0.3, -0.25) is 14.4 Å². The molecule has 3 amide bonds. The molecule has 0 bridgehead atoms. The number of carbonyl (C=O) groups is 4. The van der Waals surface area contributed by atoms with Gasteiger partial charge in [-0.05, 0) is 63.8 Å². The molecule has 1 saturated carbocycles. The van der Waals surface area contributed by atoms with E-state index in [-0.39, 0.29) is 29.9 Å². The zero-order valence-electron chi connectivity index (χ0n) is 22.3. The Morgan fingerprint density at radius 1 is 1.23 bits per heavy atom. The highest BCUT2D eigenvalue weighted by Gasteiger charge is 2.27. The zero-order valence-corrected chi connectivity index (χ0v) is 22.3. The molecule has 3 rings (SSSR count). The van der Waals surface area contributed by atoms with Gasteiger partial charge in [-0.2, -0.15) is 0 Å². The molecular formula is C26H33N7O6. The fourth-order valence-corrected chi connectivity index (χ4v) is 3.50. The van der Waals surface area contributed by atoms with Gasteiger partial charge in [0.05, 0.1) is 23.3 Å². The van der Waals surface area contributed by atoms with Crippen LogP contribution in [0.2, 0.25) is 0 Å². The predicted molar refractivity (Wildman–Crippen MR) is 144 cm³/mol. The Bertz CT molecular complexity index is 1310. The number of H-pyrrole nitrogens is 1. The van der Waals surface area contributed by atoms with Crippen LogP contribution in [0.15, 0.2) is 34.4 Å². The van der Waals surface area contributed by atoms with Crippen molar-refractivity contribution in [2.45, 2.75) is 52.6 Å². The van der Waals surface area contributed by atoms with Crippen molar-refractivity contribution in [3.8, 4) is 0 Å². The average Bonchev–Trinajstić information content (AvgIpc) is 3.63. The van der Waals surface area contributed by atoms with E-state index in [2.05, 4.69) is 20.3 Å². The van der Waals surface area contributed by atoms with E-state index in [1.807, 2.05) is 6.92 Å². The van der Waals surface area contributed by atoms with E-state index in [0.717, 1.165) is 29.6 Å². The van der Waals surface area contributed by atoms with Crippen molar-refractivity contribution in [2.75, 3.05) is 13.3 Å². The van der Waals surface area contributed by atoms with Gasteiger partial charge in [0.25, 0.3) is 11.8 Å². The van der Waals surface area contributed by atoms with Crippen molar-refractivity contribution < 1.29 is 28.7 Å². The van der Waals surface area contributed by atoms with E-state index in [1.54, 1.807) is 32.0 Å². The molecule has 39 heavy (non-hydrogen) atoms. The first-order chi connectivity index (χ1) is 18.6. The summed E-state index contributed by atoms with van der Waals surface area (Å²) < 4.78 is 9.63. The number of rotatable bonds is 9. The van der Waals surface area contributed by atoms with Crippen LogP contribution >= 0.6 is 0 Å². The first-order valence-electron chi connectivity index (χ1n) is 12.4. The molecule has 0 radical (unpaired) electrons. The number of amidine groups is 1. The number of aryl methyl sites for hydroxylation is 1. The van der Waals surface area contributed by atoms with Crippen molar-refractivity contribution in [1.29, 1.82) is 0 Å². The molecule has 0 aliphatic heterocycles. The van der Waals surface area contributed by atoms with E-state index in [1.165, 1.54) is 13.1 Å². The van der Waals surface area contributed by atoms with Gasteiger partial charge in [-0.25, -0.2) is 19.7 Å². The number of hydrogen-bond acceptors (Lipinski definition) is 8. The third kappa shape index (κ3) is 7.29. The molecule has 2 aromatic rings. The van der Waals surface area contributed by atoms with Gasteiger partial charge in [0, 0.05) is 24.3 Å². The maximum atomic E-state index is 13.2. The Labute approximate surface area is 225 Å². The highest BCUT2D eigenvalue weighted by atomic mass is 16.7. The number of benzene rings is 1. The number of nitrogens with one attached hydrogen (secondary N) is 2. The van der Waals surface area contributed by atoms with E-state index >= 15 is 0 Å². The lowest BCUT2D eigenvalue weighted by Gasteiger charge is -2.18. The second-order valence-corrected chi connectivity index (χ2v) is 8.99. The minimum atomic E-state index is -0.993. The van der Waals surface area contributed by atoms with Crippen LogP contribution in [-0.2, 0) is 14.3 Å². The number of nitrogens with two attached hydrogens (primary N) is 2. The maximum absolute atomic E-state index is 13.2. The summed E-state index contributed by atoms with van der Waals surface area (Å²) in [6, 6.07) is 4.51. The molecular weight excluding hydrogens is 506 g/mol. The standard InChI is InChI=1S/C26H33N7O6/c1-5-33(26(37)39-13-38-25(36)16(4)28)24(35)19-11-29-21(15(19)3)22(30-12-27)32-20-10-17(7-6-14(20)2)23(34)31-18-8-9-18/h6-7,10-12,16,18,29H,5,8-9,13,28H2,1-4H3,(H,31,34)(H2,27,30,32). The second-order valence-electron chi connectivity index (χ2n) is 8.99. The number of ether oxygens (including phenoxy) is 2. The molecule has 6 N–H and O–H groups in total. The van der Waals surface area contributed by atoms with Crippen molar-refractivity contribution in [3.05, 3.63) is 52.3 Å². The fraction of sp³-hybridized carbons (Fsp3) is 0.385. The van der Waals surface area contributed by atoms with Crippen LogP contribution in [0.3, 0.4) is 0 Å². The van der Waals surface area contributed by atoms with Crippen LogP contribution < -0.4 is 16.8 Å². The zero-order chi connectivity index (χ0) is 28.7. The van der Waals surface area contributed by atoms with Crippen LogP contribution in [0.4, 0.5) is 10.5 Å². The lowest BCUT2D eigenvalue weighted by molar-refractivity contribution is -0.153. The minimum absolute atomic E-state index is 0.00430. The minimum Gasteiger partial charge on any atom is -0.427 e. The first kappa shape index (κ1) is 29.0. The van der Waals surface area contributed by atoms with Crippen molar-refractivity contribution in [2.24, 2.45) is 21.5 Å². The summed E-state index contributed by atoms with van der Waals surface area (Å²) in [7, 11) is 0. The van der Waals surface area contributed by atoms with Crippen LogP contribution in [0.5, 0.6) is 0 Å². The summed E-state index contributed by atoms with van der Waals surface area (Å²) in [6.45, 7) is 5.84. The number of aliphatic imine (C=N–C) groups is 2. The summed E-state index contributed by atoms with van der Waals surface area (Å²) in [5.41, 5.74) is 13.8. The summed E-state index contributed by atoms with van der Waals surface area (Å²) in [4.78, 5) is 62.3. The maximum Gasteiger partial charge on any atom is 0.419 e. The first-order valence-corrected chi connectivity index (χ1v) is 12.4. The van der Waals surface area contributed by atoms with Crippen molar-refractivity contribution in [3.63, 3.8) is 0 Å². The molecule has 208 valence electrons. The van der Waals surface area contributed by atoms with E-state index in [4.69, 9.17) is 20.9 Å². The Hall–Kier alpha value is -4.52. The largest absolute Gasteiger partial charge is 0.427 e. The van der Waals surface area contributed by atoms with Gasteiger partial charge in [-0.1, -0.05) is 6.07 Å². The molecule has 1 aliphatic carbocycles. The Morgan fingerprint density at radius 3 is 2.56 bits per heavy atom. The SMILES string of the molecule is CCN(C(=O)OCOC(=O)C(C)N)C(=O)c1c[nH]c(C(N=CN)=Nc2cc(C(=O)NC3CC3)ccc2C)c1C. The molecule has 13 heteroatoms. The number of hydrogen-bond donors (Lipinski definition) is 4. The van der Waals surface area contributed by atoms with Crippen molar-refractivity contribution >= 4 is 41.7 Å². The molecule has 13 nitrogen and oxygen atoms in total. The van der Waals surface area contributed by atoms with Gasteiger partial charge < -0.3 is 31.2 Å². The highest BCUT2D eigenvalue weighted by Crippen LogP contribution is 2.25. The van der Waals surface area contributed by atoms with Gasteiger partial charge >= 0.3 is 12.1 Å². The molecule has 1 aromatic heterocycles. The Morgan fingerprint density at radius 2 is 1.95 bits per heavy atom. The van der Waals surface area contributed by atoms with E-state index in [0.29, 0.717) is 22.5 Å². The Balaban J connectivity index is 1.84. The third-order valence-corrected chi connectivity index (χ3v) is 5.94. The normalized spacial score (nSPS) is 14.1. The van der Waals surface area contributed by atoms with E-state index in [9.17, 15) is 19.2 Å². The summed E-state index contributed by atoms with van der Waals surface area (Å²) in [5.74, 6) is -1.40. The van der Waals surface area contributed by atoms with Crippen LogP contribution in [-0.4, -0.2) is 71.4 Å². The smallest absolute Gasteiger partial charge is 0.419 e. The molecule has 1 aliphatic rings. The lowest BCUT2D eigenvalue weighted by Crippen LogP contribution is -2.38. The lowest BCUT2D eigenvalue weighted by atomic mass is 10.1. The topological polar surface area (TPSA) is 195 Å². The molecule has 0 spiro atoms. The monoisotopic (exact) mass is 539 g/mol. The molecule has 1 aromatic carbocycles. The van der Waals surface area contributed by atoms with Gasteiger partial charge in [-0.15, -0.1) is 0 Å². The Kier molecular flexibility index (Phi) is 9.55. The molecule has 1 fully saturated rings. The number of aromatic amines is 1. The van der Waals surface area contributed by atoms with Gasteiger partial charge in [0.1, 0.15) is 6.04 Å².